The second-order valence-electron chi connectivity index (χ2n) is 6.10. The Morgan fingerprint density at radius 3 is 2.93 bits per heavy atom. The van der Waals surface area contributed by atoms with Crippen molar-refractivity contribution in [3.63, 3.8) is 0 Å². The number of rotatable bonds is 8. The molecule has 2 aromatic rings. The molecule has 2 aromatic heterocycles. The average Bonchev–Trinajstić information content (AvgIpc) is 3.37. The summed E-state index contributed by atoms with van der Waals surface area (Å²) in [5.74, 6) is -1.51. The van der Waals surface area contributed by atoms with Crippen LogP contribution >= 0.6 is 46.6 Å². The number of fused-ring (bicyclic) bond motifs is 1. The number of carboxylic acids is 1. The number of thiazole rings is 1. The second-order valence-corrected chi connectivity index (χ2v) is 10.5. The van der Waals surface area contributed by atoms with Crippen molar-refractivity contribution in [1.29, 1.82) is 0 Å². The van der Waals surface area contributed by atoms with E-state index in [4.69, 9.17) is 5.73 Å². The number of nitrogens with zero attached hydrogens (tertiary/aromatic N) is 4. The van der Waals surface area contributed by atoms with E-state index in [1.807, 2.05) is 0 Å². The zero-order valence-electron chi connectivity index (χ0n) is 15.1. The van der Waals surface area contributed by atoms with Gasteiger partial charge in [-0.1, -0.05) is 17.0 Å². The van der Waals surface area contributed by atoms with E-state index < -0.39 is 23.3 Å². The maximum atomic E-state index is 12.6. The number of thioether (sulfide) groups is 3. The fourth-order valence-electron chi connectivity index (χ4n) is 2.92. The minimum absolute atomic E-state index is 0.0108. The number of nitrogens with one attached hydrogen (secondary N) is 2. The van der Waals surface area contributed by atoms with Crippen LogP contribution in [-0.4, -0.2) is 70.4 Å². The standard InChI is InChI=1S/C15H15N7O4S4/c16-15-18-6(3-28-15)1-8(23)19-10-12(24)22-11(14(25)26)7(4-27-13(10)22)29-5-30-9-2-17-21-20-9/h2-3,10,13H,1,4-5H2,(H2,16,18)(H,19,23)(H,25,26)(H,17,20,21)/t10-,13+/m1/s1. The Bertz CT molecular complexity index is 1010. The van der Waals surface area contributed by atoms with Gasteiger partial charge >= 0.3 is 5.97 Å². The zero-order chi connectivity index (χ0) is 21.3. The molecular weight excluding hydrogens is 470 g/mol. The van der Waals surface area contributed by atoms with E-state index in [0.717, 1.165) is 0 Å². The number of H-pyrrole nitrogens is 1. The molecule has 0 aromatic carbocycles. The van der Waals surface area contributed by atoms with Gasteiger partial charge in [0.25, 0.3) is 5.91 Å². The molecule has 4 heterocycles. The van der Waals surface area contributed by atoms with Crippen molar-refractivity contribution in [3.8, 4) is 0 Å². The largest absolute Gasteiger partial charge is 0.477 e. The van der Waals surface area contributed by atoms with Crippen LogP contribution in [0.1, 0.15) is 5.69 Å². The minimum atomic E-state index is -1.16. The first-order valence-electron chi connectivity index (χ1n) is 8.46. The Labute approximate surface area is 186 Å². The van der Waals surface area contributed by atoms with E-state index in [1.54, 1.807) is 11.6 Å². The highest BCUT2D eigenvalue weighted by molar-refractivity contribution is 8.18. The van der Waals surface area contributed by atoms with Gasteiger partial charge in [0.05, 0.1) is 23.4 Å². The first-order chi connectivity index (χ1) is 14.4. The van der Waals surface area contributed by atoms with E-state index in [9.17, 15) is 19.5 Å². The van der Waals surface area contributed by atoms with Gasteiger partial charge in [-0.2, -0.15) is 0 Å². The molecule has 0 radical (unpaired) electrons. The van der Waals surface area contributed by atoms with Gasteiger partial charge in [-0.05, 0) is 0 Å². The van der Waals surface area contributed by atoms with Crippen molar-refractivity contribution in [2.75, 3.05) is 16.6 Å². The van der Waals surface area contributed by atoms with Crippen LogP contribution in [0.2, 0.25) is 0 Å². The molecule has 2 atom stereocenters. The van der Waals surface area contributed by atoms with E-state index in [2.05, 4.69) is 25.7 Å². The Hall–Kier alpha value is -2.23. The van der Waals surface area contributed by atoms with Gasteiger partial charge in [0.15, 0.2) is 5.13 Å². The zero-order valence-corrected chi connectivity index (χ0v) is 18.4. The number of carboxylic acid groups (broad SMARTS) is 1. The van der Waals surface area contributed by atoms with E-state index >= 15 is 0 Å². The molecule has 0 aliphatic carbocycles. The molecule has 11 nitrogen and oxygen atoms in total. The summed E-state index contributed by atoms with van der Waals surface area (Å²) in [7, 11) is 0. The van der Waals surface area contributed by atoms with Crippen LogP contribution in [0.25, 0.3) is 0 Å². The number of amides is 2. The number of carbonyl (C=O) groups is 3. The lowest BCUT2D eigenvalue weighted by molar-refractivity contribution is -0.150. The molecule has 15 heteroatoms. The third-order valence-electron chi connectivity index (χ3n) is 4.20. The number of hydrogen-bond acceptors (Lipinski definition) is 11. The highest BCUT2D eigenvalue weighted by atomic mass is 32.2. The minimum Gasteiger partial charge on any atom is -0.477 e. The highest BCUT2D eigenvalue weighted by Gasteiger charge is 2.54. The number of nitrogens with two attached hydrogens (primary N) is 1. The Balaban J connectivity index is 1.39. The number of hydrogen-bond donors (Lipinski definition) is 4. The van der Waals surface area contributed by atoms with Gasteiger partial charge in [0, 0.05) is 16.0 Å². The van der Waals surface area contributed by atoms with E-state index in [1.165, 1.54) is 51.5 Å². The van der Waals surface area contributed by atoms with Gasteiger partial charge in [-0.15, -0.1) is 40.0 Å². The van der Waals surface area contributed by atoms with Crippen LogP contribution in [0, 0.1) is 0 Å². The summed E-state index contributed by atoms with van der Waals surface area (Å²) >= 11 is 5.43. The number of β-lactam (4-membered cyclic amide) rings is 1. The van der Waals surface area contributed by atoms with Gasteiger partial charge in [-0.3, -0.25) is 19.6 Å². The molecule has 1 fully saturated rings. The predicted molar refractivity (Wildman–Crippen MR) is 115 cm³/mol. The molecular formula is C15H15N7O4S4. The Morgan fingerprint density at radius 2 is 2.27 bits per heavy atom. The van der Waals surface area contributed by atoms with Crippen molar-refractivity contribution in [2.45, 2.75) is 22.9 Å². The Kier molecular flexibility index (Phi) is 6.21. The summed E-state index contributed by atoms with van der Waals surface area (Å²) in [4.78, 5) is 42.6. The first-order valence-corrected chi connectivity index (χ1v) is 12.4. The molecule has 0 saturated carbocycles. The first kappa shape index (κ1) is 21.0. The fourth-order valence-corrected chi connectivity index (χ4v) is 7.06. The maximum absolute atomic E-state index is 12.6. The van der Waals surface area contributed by atoms with Crippen molar-refractivity contribution in [2.24, 2.45) is 0 Å². The van der Waals surface area contributed by atoms with Crippen molar-refractivity contribution >= 4 is 69.5 Å². The van der Waals surface area contributed by atoms with Crippen LogP contribution in [0.15, 0.2) is 27.2 Å². The summed E-state index contributed by atoms with van der Waals surface area (Å²) in [6, 6.07) is -0.760. The van der Waals surface area contributed by atoms with Crippen molar-refractivity contribution in [3.05, 3.63) is 27.9 Å². The summed E-state index contributed by atoms with van der Waals surface area (Å²) in [5, 5.41) is 25.3. The van der Waals surface area contributed by atoms with Crippen LogP contribution < -0.4 is 11.1 Å². The number of aromatic amines is 1. The lowest BCUT2D eigenvalue weighted by Crippen LogP contribution is -2.70. The number of aliphatic carboxylic acids is 1. The average molecular weight is 486 g/mol. The quantitative estimate of drug-likeness (QED) is 0.234. The molecule has 2 amide bonds. The number of nitrogen functional groups attached to an aromatic ring is 1. The van der Waals surface area contributed by atoms with E-state index in [-0.39, 0.29) is 18.0 Å². The van der Waals surface area contributed by atoms with Crippen molar-refractivity contribution in [1.82, 2.24) is 30.6 Å². The number of aromatic nitrogens is 4. The fraction of sp³-hybridized carbons (Fsp3) is 0.333. The second kappa shape index (κ2) is 8.87. The molecule has 0 spiro atoms. The Morgan fingerprint density at radius 1 is 1.43 bits per heavy atom. The monoisotopic (exact) mass is 485 g/mol. The summed E-state index contributed by atoms with van der Waals surface area (Å²) < 4.78 is 0. The third kappa shape index (κ3) is 4.28. The topological polar surface area (TPSA) is 167 Å². The molecule has 158 valence electrons. The molecule has 2 aliphatic rings. The molecule has 4 rings (SSSR count). The van der Waals surface area contributed by atoms with Crippen LogP contribution in [0.4, 0.5) is 5.13 Å². The van der Waals surface area contributed by atoms with Gasteiger partial charge < -0.3 is 16.2 Å². The van der Waals surface area contributed by atoms with Crippen molar-refractivity contribution < 1.29 is 19.5 Å². The lowest BCUT2D eigenvalue weighted by Gasteiger charge is -2.49. The molecule has 0 bridgehead atoms. The van der Waals surface area contributed by atoms with Crippen LogP contribution in [0.3, 0.4) is 0 Å². The molecule has 30 heavy (non-hydrogen) atoms. The van der Waals surface area contributed by atoms with Gasteiger partial charge in [0.1, 0.15) is 22.1 Å². The van der Waals surface area contributed by atoms with E-state index in [0.29, 0.717) is 31.6 Å². The predicted octanol–water partition coefficient (Wildman–Crippen LogP) is 0.565. The van der Waals surface area contributed by atoms with Gasteiger partial charge in [0.2, 0.25) is 5.91 Å². The highest BCUT2D eigenvalue weighted by Crippen LogP contribution is 2.44. The molecule has 5 N–H and O–H groups in total. The summed E-state index contributed by atoms with van der Waals surface area (Å²) in [5.41, 5.74) is 6.07. The van der Waals surface area contributed by atoms with Gasteiger partial charge in [-0.25, -0.2) is 9.78 Å². The van der Waals surface area contributed by atoms with Crippen LogP contribution in [0.5, 0.6) is 0 Å². The molecule has 1 saturated heterocycles. The van der Waals surface area contributed by atoms with Crippen LogP contribution in [-0.2, 0) is 20.8 Å². The smallest absolute Gasteiger partial charge is 0.353 e. The lowest BCUT2D eigenvalue weighted by atomic mass is 10.0. The maximum Gasteiger partial charge on any atom is 0.353 e. The summed E-state index contributed by atoms with van der Waals surface area (Å²) in [6.07, 6.45) is 1.66. The molecule has 0 unspecified atom stereocenters. The number of carbonyl (C=O) groups excluding carboxylic acids is 2. The summed E-state index contributed by atoms with van der Waals surface area (Å²) in [6.45, 7) is 0. The number of anilines is 1. The third-order valence-corrected chi connectivity index (χ3v) is 8.51. The normalized spacial score (nSPS) is 20.7. The molecule has 2 aliphatic heterocycles. The SMILES string of the molecule is Nc1nc(CC(=O)N[C@@H]2C(=O)N3C(C(=O)O)=C(SCSc4c[nH]nn4)CS[C@@H]23)cs1.